The number of carbonyl (C=O) groups excluding carboxylic acids is 1. The molecule has 1 aliphatic heterocycles. The molecule has 0 saturated carbocycles. The van der Waals surface area contributed by atoms with E-state index in [0.717, 1.165) is 39.6 Å². The smallest absolute Gasteiger partial charge is 0.322 e. The number of aromatic nitrogens is 1. The number of hydrogen-bond acceptors (Lipinski definition) is 2. The highest BCUT2D eigenvalue weighted by atomic mass is 19.1. The van der Waals surface area contributed by atoms with Gasteiger partial charge in [-0.3, -0.25) is 0 Å². The van der Waals surface area contributed by atoms with Crippen LogP contribution in [0.5, 0.6) is 0 Å². The molecular weight excluding hydrogens is 405 g/mol. The maximum atomic E-state index is 13.6. The predicted molar refractivity (Wildman–Crippen MR) is 123 cm³/mol. The third kappa shape index (κ3) is 3.21. The molecule has 0 aliphatic carbocycles. The van der Waals surface area contributed by atoms with Crippen LogP contribution in [0, 0.1) is 5.82 Å². The van der Waals surface area contributed by atoms with Crippen LogP contribution in [-0.4, -0.2) is 22.5 Å². The van der Waals surface area contributed by atoms with Crippen molar-refractivity contribution in [3.63, 3.8) is 0 Å². The van der Waals surface area contributed by atoms with E-state index in [9.17, 15) is 9.18 Å². The van der Waals surface area contributed by atoms with Gasteiger partial charge < -0.3 is 19.6 Å². The average Bonchev–Trinajstić information content (AvgIpc) is 3.44. The summed E-state index contributed by atoms with van der Waals surface area (Å²) in [6.45, 7) is 1.16. The average molecular weight is 425 g/mol. The van der Waals surface area contributed by atoms with E-state index in [1.807, 2.05) is 6.07 Å². The molecule has 32 heavy (non-hydrogen) atoms. The van der Waals surface area contributed by atoms with Gasteiger partial charge >= 0.3 is 6.03 Å². The number of halogens is 1. The molecule has 0 radical (unpaired) electrons. The van der Waals surface area contributed by atoms with Crippen LogP contribution in [0.2, 0.25) is 0 Å². The number of furan rings is 1. The number of anilines is 1. The molecule has 0 saturated heterocycles. The van der Waals surface area contributed by atoms with E-state index in [4.69, 9.17) is 4.42 Å². The second-order valence-electron chi connectivity index (χ2n) is 8.15. The molecule has 1 aliphatic rings. The second-order valence-corrected chi connectivity index (χ2v) is 8.15. The Morgan fingerprint density at radius 3 is 2.81 bits per heavy atom. The number of carbonyl (C=O) groups is 1. The number of nitrogens with zero attached hydrogens (tertiary/aromatic N) is 1. The lowest BCUT2D eigenvalue weighted by atomic mass is 9.94. The monoisotopic (exact) mass is 425 g/mol. The summed E-state index contributed by atoms with van der Waals surface area (Å²) in [6, 6.07) is 18.9. The van der Waals surface area contributed by atoms with Crippen molar-refractivity contribution < 1.29 is 13.6 Å². The number of hydrogen-bond donors (Lipinski definition) is 2. The molecule has 3 aromatic carbocycles. The first-order valence-electron chi connectivity index (χ1n) is 10.6. The van der Waals surface area contributed by atoms with Crippen LogP contribution in [0.15, 0.2) is 77.5 Å². The minimum absolute atomic E-state index is 0.187. The Kier molecular flexibility index (Phi) is 4.24. The molecule has 0 atom stereocenters. The lowest BCUT2D eigenvalue weighted by Crippen LogP contribution is -2.38. The van der Waals surface area contributed by atoms with E-state index in [1.165, 1.54) is 17.7 Å². The molecule has 0 bridgehead atoms. The van der Waals surface area contributed by atoms with E-state index in [0.29, 0.717) is 24.2 Å². The van der Waals surface area contributed by atoms with Crippen LogP contribution in [0.3, 0.4) is 0 Å². The van der Waals surface area contributed by atoms with Gasteiger partial charge in [0.05, 0.1) is 12.0 Å². The maximum Gasteiger partial charge on any atom is 0.322 e. The summed E-state index contributed by atoms with van der Waals surface area (Å²) < 4.78 is 19.2. The van der Waals surface area contributed by atoms with Crippen LogP contribution in [0.4, 0.5) is 14.9 Å². The molecule has 2 aromatic heterocycles. The van der Waals surface area contributed by atoms with Crippen molar-refractivity contribution in [1.29, 1.82) is 0 Å². The molecule has 2 N–H and O–H groups in total. The fourth-order valence-corrected chi connectivity index (χ4v) is 4.43. The Morgan fingerprint density at radius 1 is 1.00 bits per heavy atom. The Bertz CT molecular complexity index is 1480. The molecule has 6 rings (SSSR count). The van der Waals surface area contributed by atoms with Crippen LogP contribution in [-0.2, 0) is 13.0 Å². The zero-order chi connectivity index (χ0) is 21.7. The largest absolute Gasteiger partial charge is 0.464 e. The quantitative estimate of drug-likeness (QED) is 0.348. The van der Waals surface area contributed by atoms with Gasteiger partial charge in [-0.2, -0.15) is 0 Å². The zero-order valence-electron chi connectivity index (χ0n) is 17.2. The maximum absolute atomic E-state index is 13.6. The molecule has 0 unspecified atom stereocenters. The number of amides is 2. The Labute approximate surface area is 183 Å². The van der Waals surface area contributed by atoms with Gasteiger partial charge in [0.15, 0.2) is 0 Å². The number of rotatable bonds is 2. The standard InChI is InChI=1S/C26H20FN3O2/c27-21-5-6-23-22(13-21)24(14-28-23)29-26(31)30-9-7-19-11-17(3-4-20(19)15-30)18-2-1-16-8-10-32-25(16)12-18/h1-6,8,10-14,28H,7,9,15H2,(H,29,31). The number of benzene rings is 3. The van der Waals surface area contributed by atoms with Gasteiger partial charge in [-0.15, -0.1) is 0 Å². The van der Waals surface area contributed by atoms with Crippen LogP contribution in [0.25, 0.3) is 33.0 Å². The topological polar surface area (TPSA) is 61.3 Å². The highest BCUT2D eigenvalue weighted by Crippen LogP contribution is 2.30. The minimum Gasteiger partial charge on any atom is -0.464 e. The Hall–Kier alpha value is -4.06. The van der Waals surface area contributed by atoms with Gasteiger partial charge in [0.1, 0.15) is 11.4 Å². The van der Waals surface area contributed by atoms with Crippen molar-refractivity contribution in [3.05, 3.63) is 90.1 Å². The Balaban J connectivity index is 1.21. The van der Waals surface area contributed by atoms with E-state index in [1.54, 1.807) is 23.4 Å². The first-order chi connectivity index (χ1) is 15.6. The van der Waals surface area contributed by atoms with Gasteiger partial charge in [0, 0.05) is 35.6 Å². The summed E-state index contributed by atoms with van der Waals surface area (Å²) >= 11 is 0. The molecular formula is C26H20FN3O2. The van der Waals surface area contributed by atoms with Gasteiger partial charge in [0.2, 0.25) is 0 Å². The number of H-pyrrole nitrogens is 1. The number of urea groups is 1. The summed E-state index contributed by atoms with van der Waals surface area (Å²) in [5, 5.41) is 4.67. The summed E-state index contributed by atoms with van der Waals surface area (Å²) in [7, 11) is 0. The summed E-state index contributed by atoms with van der Waals surface area (Å²) in [5.74, 6) is -0.332. The molecule has 5 aromatic rings. The van der Waals surface area contributed by atoms with E-state index >= 15 is 0 Å². The predicted octanol–water partition coefficient (Wildman–Crippen LogP) is 6.31. The first kappa shape index (κ1) is 18.7. The summed E-state index contributed by atoms with van der Waals surface area (Å²) in [5.41, 5.74) is 6.88. The molecule has 5 nitrogen and oxygen atoms in total. The van der Waals surface area contributed by atoms with E-state index in [-0.39, 0.29) is 11.8 Å². The van der Waals surface area contributed by atoms with Crippen LogP contribution >= 0.6 is 0 Å². The van der Waals surface area contributed by atoms with Crippen molar-refractivity contribution in [2.75, 3.05) is 11.9 Å². The van der Waals surface area contributed by atoms with Crippen LogP contribution < -0.4 is 5.32 Å². The fraction of sp³-hybridized carbons (Fsp3) is 0.115. The van der Waals surface area contributed by atoms with Gasteiger partial charge in [-0.1, -0.05) is 30.3 Å². The Morgan fingerprint density at radius 2 is 1.88 bits per heavy atom. The lowest BCUT2D eigenvalue weighted by molar-refractivity contribution is 0.206. The molecule has 158 valence electrons. The zero-order valence-corrected chi connectivity index (χ0v) is 17.2. The number of nitrogens with one attached hydrogen (secondary N) is 2. The third-order valence-electron chi connectivity index (χ3n) is 6.18. The molecule has 0 spiro atoms. The van der Waals surface area contributed by atoms with Gasteiger partial charge in [-0.05, 0) is 59.0 Å². The highest BCUT2D eigenvalue weighted by Gasteiger charge is 2.22. The first-order valence-corrected chi connectivity index (χ1v) is 10.6. The lowest BCUT2D eigenvalue weighted by Gasteiger charge is -2.29. The van der Waals surface area contributed by atoms with Crippen molar-refractivity contribution >= 4 is 33.6 Å². The highest BCUT2D eigenvalue weighted by molar-refractivity contribution is 6.01. The van der Waals surface area contributed by atoms with Gasteiger partial charge in [-0.25, -0.2) is 9.18 Å². The normalized spacial score (nSPS) is 13.5. The molecule has 0 fully saturated rings. The SMILES string of the molecule is O=C(Nc1c[nH]c2ccc(F)cc12)N1CCc2cc(-c3ccc4ccoc4c3)ccc2C1. The van der Waals surface area contributed by atoms with E-state index in [2.05, 4.69) is 46.7 Å². The molecule has 3 heterocycles. The van der Waals surface area contributed by atoms with E-state index < -0.39 is 0 Å². The summed E-state index contributed by atoms with van der Waals surface area (Å²) in [6.07, 6.45) is 4.18. The summed E-state index contributed by atoms with van der Waals surface area (Å²) in [4.78, 5) is 17.7. The van der Waals surface area contributed by atoms with Crippen molar-refractivity contribution in [2.45, 2.75) is 13.0 Å². The fourth-order valence-electron chi connectivity index (χ4n) is 4.43. The van der Waals surface area contributed by atoms with Crippen molar-refractivity contribution in [3.8, 4) is 11.1 Å². The third-order valence-corrected chi connectivity index (χ3v) is 6.18. The molecule has 6 heteroatoms. The van der Waals surface area contributed by atoms with Crippen LogP contribution in [0.1, 0.15) is 11.1 Å². The molecule has 2 amide bonds. The van der Waals surface area contributed by atoms with Crippen molar-refractivity contribution in [1.82, 2.24) is 9.88 Å². The van der Waals surface area contributed by atoms with Crippen molar-refractivity contribution in [2.24, 2.45) is 0 Å². The number of fused-ring (bicyclic) bond motifs is 3. The number of aromatic amines is 1. The second kappa shape index (κ2) is 7.27. The minimum atomic E-state index is -0.332. The van der Waals surface area contributed by atoms with Gasteiger partial charge in [0.25, 0.3) is 0 Å².